The lowest BCUT2D eigenvalue weighted by Crippen LogP contribution is -2.20. The van der Waals surface area contributed by atoms with Gasteiger partial charge in [0.2, 0.25) is 0 Å². The minimum Gasteiger partial charge on any atom is -0.354 e. The Morgan fingerprint density at radius 2 is 2.17 bits per heavy atom. The zero-order valence-electron chi connectivity index (χ0n) is 6.69. The standard InChI is InChI=1S/C7H8Cl2N2O/c1-10-7(12)5-3-4(8)6(9)11(5)2/h3H,1-2H3,(H,10,12). The van der Waals surface area contributed by atoms with Crippen molar-refractivity contribution in [2.45, 2.75) is 0 Å². The van der Waals surface area contributed by atoms with Crippen LogP contribution in [0.5, 0.6) is 0 Å². The van der Waals surface area contributed by atoms with Crippen LogP contribution in [0.3, 0.4) is 0 Å². The lowest BCUT2D eigenvalue weighted by molar-refractivity contribution is 0.0955. The predicted octanol–water partition coefficient (Wildman–Crippen LogP) is 1.69. The summed E-state index contributed by atoms with van der Waals surface area (Å²) in [6, 6.07) is 1.53. The van der Waals surface area contributed by atoms with Crippen molar-refractivity contribution >= 4 is 29.1 Å². The fourth-order valence-electron chi connectivity index (χ4n) is 0.888. The first-order valence-electron chi connectivity index (χ1n) is 3.30. The van der Waals surface area contributed by atoms with E-state index in [2.05, 4.69) is 5.32 Å². The molecule has 12 heavy (non-hydrogen) atoms. The van der Waals surface area contributed by atoms with Crippen molar-refractivity contribution < 1.29 is 4.79 Å². The summed E-state index contributed by atoms with van der Waals surface area (Å²) >= 11 is 11.5. The molecular weight excluding hydrogens is 199 g/mol. The van der Waals surface area contributed by atoms with Crippen molar-refractivity contribution in [1.29, 1.82) is 0 Å². The Morgan fingerprint density at radius 1 is 1.58 bits per heavy atom. The molecule has 1 aromatic heterocycles. The molecule has 0 atom stereocenters. The number of hydrogen-bond donors (Lipinski definition) is 1. The van der Waals surface area contributed by atoms with Crippen molar-refractivity contribution in [1.82, 2.24) is 9.88 Å². The van der Waals surface area contributed by atoms with Crippen LogP contribution in [-0.2, 0) is 7.05 Å². The van der Waals surface area contributed by atoms with E-state index in [1.165, 1.54) is 10.6 Å². The highest BCUT2D eigenvalue weighted by Crippen LogP contribution is 2.24. The molecule has 1 rings (SSSR count). The zero-order valence-corrected chi connectivity index (χ0v) is 8.20. The van der Waals surface area contributed by atoms with Gasteiger partial charge in [-0.2, -0.15) is 0 Å². The van der Waals surface area contributed by atoms with Crippen LogP contribution in [0.15, 0.2) is 6.07 Å². The Labute approximate surface area is 80.3 Å². The van der Waals surface area contributed by atoms with Crippen molar-refractivity contribution in [2.75, 3.05) is 7.05 Å². The minimum atomic E-state index is -0.202. The summed E-state index contributed by atoms with van der Waals surface area (Å²) in [6.07, 6.45) is 0. The lowest BCUT2D eigenvalue weighted by Gasteiger charge is -2.00. The smallest absolute Gasteiger partial charge is 0.267 e. The van der Waals surface area contributed by atoms with E-state index in [-0.39, 0.29) is 5.91 Å². The van der Waals surface area contributed by atoms with Crippen LogP contribution < -0.4 is 5.32 Å². The molecule has 0 saturated carbocycles. The summed E-state index contributed by atoms with van der Waals surface area (Å²) in [5.74, 6) is -0.202. The number of rotatable bonds is 1. The first-order valence-corrected chi connectivity index (χ1v) is 4.06. The summed E-state index contributed by atoms with van der Waals surface area (Å²) < 4.78 is 1.53. The SMILES string of the molecule is CNC(=O)c1cc(Cl)c(Cl)n1C. The number of halogens is 2. The van der Waals surface area contributed by atoms with Gasteiger partial charge in [0.15, 0.2) is 0 Å². The molecule has 0 bridgehead atoms. The first kappa shape index (κ1) is 9.42. The van der Waals surface area contributed by atoms with Crippen molar-refractivity contribution in [3.8, 4) is 0 Å². The molecule has 0 aliphatic rings. The Hall–Kier alpha value is -0.670. The molecule has 1 N–H and O–H groups in total. The summed E-state index contributed by atoms with van der Waals surface area (Å²) in [6.45, 7) is 0. The maximum Gasteiger partial charge on any atom is 0.267 e. The Morgan fingerprint density at radius 3 is 2.50 bits per heavy atom. The average Bonchev–Trinajstić information content (AvgIpc) is 2.32. The van der Waals surface area contributed by atoms with Gasteiger partial charge in [-0.25, -0.2) is 0 Å². The zero-order chi connectivity index (χ0) is 9.30. The number of aromatic nitrogens is 1. The van der Waals surface area contributed by atoms with Gasteiger partial charge in [0.25, 0.3) is 5.91 Å². The second-order valence-corrected chi connectivity index (χ2v) is 3.07. The van der Waals surface area contributed by atoms with Crippen LogP contribution in [0.1, 0.15) is 10.5 Å². The summed E-state index contributed by atoms with van der Waals surface area (Å²) in [4.78, 5) is 11.2. The minimum absolute atomic E-state index is 0.202. The van der Waals surface area contributed by atoms with E-state index in [1.54, 1.807) is 14.1 Å². The summed E-state index contributed by atoms with van der Waals surface area (Å²) in [5.41, 5.74) is 0.451. The molecule has 0 aromatic carbocycles. The molecular formula is C7H8Cl2N2O. The highest BCUT2D eigenvalue weighted by molar-refractivity contribution is 6.41. The van der Waals surface area contributed by atoms with Gasteiger partial charge in [-0.3, -0.25) is 4.79 Å². The second kappa shape index (κ2) is 3.37. The van der Waals surface area contributed by atoms with E-state index in [1.807, 2.05) is 0 Å². The van der Waals surface area contributed by atoms with Gasteiger partial charge >= 0.3 is 0 Å². The lowest BCUT2D eigenvalue weighted by atomic mass is 10.4. The van der Waals surface area contributed by atoms with Gasteiger partial charge in [0.05, 0.1) is 5.02 Å². The van der Waals surface area contributed by atoms with E-state index in [0.717, 1.165) is 0 Å². The summed E-state index contributed by atoms with van der Waals surface area (Å²) in [5, 5.41) is 3.24. The highest BCUT2D eigenvalue weighted by atomic mass is 35.5. The predicted molar refractivity (Wildman–Crippen MR) is 48.8 cm³/mol. The Bertz CT molecular complexity index is 319. The largest absolute Gasteiger partial charge is 0.354 e. The van der Waals surface area contributed by atoms with Crippen molar-refractivity contribution in [2.24, 2.45) is 7.05 Å². The number of carbonyl (C=O) groups is 1. The van der Waals surface area contributed by atoms with Gasteiger partial charge in [0, 0.05) is 14.1 Å². The molecule has 3 nitrogen and oxygen atoms in total. The maximum atomic E-state index is 11.2. The third-order valence-corrected chi connectivity index (χ3v) is 2.42. The monoisotopic (exact) mass is 206 g/mol. The first-order chi connectivity index (χ1) is 5.57. The number of nitrogens with one attached hydrogen (secondary N) is 1. The van der Waals surface area contributed by atoms with Crippen LogP contribution in [0, 0.1) is 0 Å². The molecule has 0 spiro atoms. The molecule has 0 radical (unpaired) electrons. The van der Waals surface area contributed by atoms with Gasteiger partial charge in [-0.05, 0) is 6.07 Å². The topological polar surface area (TPSA) is 34.0 Å². The fraction of sp³-hybridized carbons (Fsp3) is 0.286. The molecule has 0 aliphatic heterocycles. The number of hydrogen-bond acceptors (Lipinski definition) is 1. The maximum absolute atomic E-state index is 11.2. The van der Waals surface area contributed by atoms with Gasteiger partial charge in [-0.1, -0.05) is 23.2 Å². The van der Waals surface area contributed by atoms with Crippen molar-refractivity contribution in [3.05, 3.63) is 21.9 Å². The van der Waals surface area contributed by atoms with E-state index >= 15 is 0 Å². The van der Waals surface area contributed by atoms with Crippen LogP contribution in [0.2, 0.25) is 10.2 Å². The van der Waals surface area contributed by atoms with Gasteiger partial charge in [0.1, 0.15) is 10.8 Å². The Balaban J connectivity index is 3.17. The van der Waals surface area contributed by atoms with E-state index < -0.39 is 0 Å². The molecule has 5 heteroatoms. The van der Waals surface area contributed by atoms with Crippen LogP contribution in [0.4, 0.5) is 0 Å². The van der Waals surface area contributed by atoms with E-state index in [9.17, 15) is 4.79 Å². The normalized spacial score (nSPS) is 10.0. The molecule has 0 saturated heterocycles. The summed E-state index contributed by atoms with van der Waals surface area (Å²) in [7, 11) is 3.23. The molecule has 1 amide bonds. The Kier molecular flexibility index (Phi) is 2.65. The quantitative estimate of drug-likeness (QED) is 0.746. The number of carbonyl (C=O) groups excluding carboxylic acids is 1. The fourth-order valence-corrected chi connectivity index (χ4v) is 1.26. The molecule has 0 fully saturated rings. The highest BCUT2D eigenvalue weighted by Gasteiger charge is 2.13. The molecule has 66 valence electrons. The van der Waals surface area contributed by atoms with Gasteiger partial charge < -0.3 is 9.88 Å². The van der Waals surface area contributed by atoms with E-state index in [0.29, 0.717) is 15.9 Å². The third-order valence-electron chi connectivity index (χ3n) is 1.58. The van der Waals surface area contributed by atoms with Crippen LogP contribution in [0.25, 0.3) is 0 Å². The average molecular weight is 207 g/mol. The van der Waals surface area contributed by atoms with E-state index in [4.69, 9.17) is 23.2 Å². The number of amides is 1. The second-order valence-electron chi connectivity index (χ2n) is 2.31. The number of nitrogens with zero attached hydrogens (tertiary/aromatic N) is 1. The van der Waals surface area contributed by atoms with Gasteiger partial charge in [-0.15, -0.1) is 0 Å². The molecule has 0 unspecified atom stereocenters. The molecule has 0 aliphatic carbocycles. The van der Waals surface area contributed by atoms with Crippen molar-refractivity contribution in [3.63, 3.8) is 0 Å². The molecule has 1 heterocycles. The molecule has 1 aromatic rings. The third kappa shape index (κ3) is 1.42. The van der Waals surface area contributed by atoms with Crippen LogP contribution in [-0.4, -0.2) is 17.5 Å². The van der Waals surface area contributed by atoms with Crippen LogP contribution >= 0.6 is 23.2 Å².